The summed E-state index contributed by atoms with van der Waals surface area (Å²) in [6.07, 6.45) is 4.50. The molecule has 1 aromatic heterocycles. The predicted octanol–water partition coefficient (Wildman–Crippen LogP) is 4.30. The number of rotatable bonds is 8. The number of hydrogen-bond donors (Lipinski definition) is 1. The van der Waals surface area contributed by atoms with E-state index in [9.17, 15) is 13.9 Å². The minimum Gasteiger partial charge on any atom is -0.870 e. The summed E-state index contributed by atoms with van der Waals surface area (Å²) in [6, 6.07) is 4.40. The number of aromatic nitrogens is 1. The van der Waals surface area contributed by atoms with Crippen LogP contribution in [0.3, 0.4) is 0 Å². The molecule has 0 bridgehead atoms. The lowest BCUT2D eigenvalue weighted by Crippen LogP contribution is -2.09. The van der Waals surface area contributed by atoms with Crippen molar-refractivity contribution in [1.29, 1.82) is 0 Å². The molecular formula is C18H19Cl2F2NO4. The highest BCUT2D eigenvalue weighted by Crippen LogP contribution is 2.36. The molecule has 1 aromatic carbocycles. The highest BCUT2D eigenvalue weighted by Gasteiger charge is 2.24. The first kappa shape index (κ1) is 21.6. The van der Waals surface area contributed by atoms with E-state index in [-0.39, 0.29) is 23.4 Å². The average molecular weight is 422 g/mol. The Morgan fingerprint density at radius 1 is 1.15 bits per heavy atom. The Kier molecular flexibility index (Phi) is 7.61. The fraction of sp³-hybridized carbons (Fsp3) is 0.389. The van der Waals surface area contributed by atoms with Crippen molar-refractivity contribution < 1.29 is 33.8 Å². The molecule has 1 saturated carbocycles. The number of halogens is 4. The summed E-state index contributed by atoms with van der Waals surface area (Å²) in [7, 11) is 0. The minimum atomic E-state index is -2.95. The number of pyridine rings is 1. The largest absolute Gasteiger partial charge is 0.870 e. The second-order valence-corrected chi connectivity index (χ2v) is 7.00. The van der Waals surface area contributed by atoms with Crippen LogP contribution in [0.2, 0.25) is 10.0 Å². The summed E-state index contributed by atoms with van der Waals surface area (Å²) in [5, 5.41) is 11.3. The Labute approximate surface area is 165 Å². The average Bonchev–Trinajstić information content (AvgIpc) is 3.41. The summed E-state index contributed by atoms with van der Waals surface area (Å²) >= 11 is 12.2. The summed E-state index contributed by atoms with van der Waals surface area (Å²) < 4.78 is 35.3. The molecule has 0 radical (unpaired) electrons. The Hall–Kier alpha value is -1.67. The molecule has 1 fully saturated rings. The van der Waals surface area contributed by atoms with E-state index in [1.165, 1.54) is 18.2 Å². The van der Waals surface area contributed by atoms with Gasteiger partial charge in [0.25, 0.3) is 0 Å². The van der Waals surface area contributed by atoms with E-state index in [0.717, 1.165) is 12.8 Å². The van der Waals surface area contributed by atoms with Crippen molar-refractivity contribution in [3.05, 3.63) is 51.8 Å². The van der Waals surface area contributed by atoms with Crippen LogP contribution in [0.1, 0.15) is 30.1 Å². The molecule has 1 aliphatic rings. The highest BCUT2D eigenvalue weighted by atomic mass is 35.5. The van der Waals surface area contributed by atoms with E-state index < -0.39 is 12.7 Å². The lowest BCUT2D eigenvalue weighted by Gasteiger charge is -2.17. The normalized spacial score (nSPS) is 14.6. The fourth-order valence-electron chi connectivity index (χ4n) is 2.51. The Bertz CT molecular complexity index is 755. The number of nitrogens with one attached hydrogen (secondary N) is 1. The second-order valence-electron chi connectivity index (χ2n) is 6.19. The molecule has 1 aliphatic carbocycles. The van der Waals surface area contributed by atoms with Gasteiger partial charge in [-0.1, -0.05) is 29.3 Å². The second kappa shape index (κ2) is 9.50. The number of aliphatic hydroxyl groups is 1. The zero-order valence-electron chi connectivity index (χ0n) is 14.2. The molecule has 0 unspecified atom stereocenters. The maximum atomic E-state index is 12.6. The van der Waals surface area contributed by atoms with Crippen LogP contribution in [0.5, 0.6) is 11.5 Å². The Balaban J connectivity index is 0.00000261. The third-order valence-electron chi connectivity index (χ3n) is 4.13. The molecule has 0 amide bonds. The first-order chi connectivity index (χ1) is 12.4. The molecule has 2 aromatic rings. The minimum absolute atomic E-state index is 0. The van der Waals surface area contributed by atoms with E-state index in [0.29, 0.717) is 33.7 Å². The van der Waals surface area contributed by atoms with Gasteiger partial charge < -0.3 is 20.1 Å². The zero-order valence-corrected chi connectivity index (χ0v) is 15.7. The van der Waals surface area contributed by atoms with Gasteiger partial charge in [-0.05, 0) is 36.5 Å². The molecule has 5 nitrogen and oxygen atoms in total. The van der Waals surface area contributed by atoms with Crippen molar-refractivity contribution in [2.75, 3.05) is 6.61 Å². The van der Waals surface area contributed by atoms with Crippen LogP contribution in [0.15, 0.2) is 30.6 Å². The van der Waals surface area contributed by atoms with E-state index >= 15 is 0 Å². The number of H-pyrrole nitrogens is 1. The summed E-state index contributed by atoms with van der Waals surface area (Å²) in [5.74, 6) is 0.579. The van der Waals surface area contributed by atoms with Gasteiger partial charge in [-0.25, -0.2) is 4.98 Å². The van der Waals surface area contributed by atoms with Gasteiger partial charge in [0.2, 0.25) is 0 Å². The topological polar surface area (TPSA) is 82.8 Å². The van der Waals surface area contributed by atoms with Crippen LogP contribution < -0.4 is 14.5 Å². The summed E-state index contributed by atoms with van der Waals surface area (Å²) in [6.45, 7) is -2.52. The van der Waals surface area contributed by atoms with Gasteiger partial charge in [-0.3, -0.25) is 0 Å². The molecule has 1 heterocycles. The molecule has 0 saturated heterocycles. The van der Waals surface area contributed by atoms with Crippen molar-refractivity contribution in [3.8, 4) is 11.5 Å². The third-order valence-corrected chi connectivity index (χ3v) is 4.81. The maximum Gasteiger partial charge on any atom is 0.387 e. The monoisotopic (exact) mass is 421 g/mol. The third kappa shape index (κ3) is 5.90. The van der Waals surface area contributed by atoms with Crippen molar-refractivity contribution in [2.45, 2.75) is 32.0 Å². The van der Waals surface area contributed by atoms with Crippen LogP contribution in [0.4, 0.5) is 8.78 Å². The molecule has 1 atom stereocenters. The molecule has 0 aliphatic heterocycles. The molecule has 148 valence electrons. The quantitative estimate of drug-likeness (QED) is 0.688. The van der Waals surface area contributed by atoms with Crippen LogP contribution >= 0.6 is 23.2 Å². The standard InChI is InChI=1S/C18H17Cl2F2NO3.H2O/c19-13-7-23-8-14(20)12(13)6-15(24)11-3-4-16(26-18(21)22)17(5-11)25-9-10-1-2-10;/h3-5,7-8,10,15,18,24H,1-2,6,9H2;1H2/t15-;/m0./s1. The fourth-order valence-corrected chi connectivity index (χ4v) is 3.04. The highest BCUT2D eigenvalue weighted by molar-refractivity contribution is 6.35. The van der Waals surface area contributed by atoms with Crippen LogP contribution in [-0.4, -0.2) is 23.8 Å². The van der Waals surface area contributed by atoms with E-state index in [2.05, 4.69) is 9.72 Å². The van der Waals surface area contributed by atoms with Crippen molar-refractivity contribution in [3.63, 3.8) is 0 Å². The summed E-state index contributed by atoms with van der Waals surface area (Å²) in [4.78, 5) is 2.80. The summed E-state index contributed by atoms with van der Waals surface area (Å²) in [5.41, 5.74) is 1.09. The first-order valence-corrected chi connectivity index (χ1v) is 8.93. The number of ether oxygens (including phenoxy) is 2. The SMILES string of the molecule is O[C@@H](Cc1c(Cl)c[nH+]cc1Cl)c1ccc(OC(F)F)c(OCC2CC2)c1.[OH-]. The lowest BCUT2D eigenvalue weighted by atomic mass is 10.0. The van der Waals surface area contributed by atoms with Gasteiger partial charge in [0, 0.05) is 12.0 Å². The van der Waals surface area contributed by atoms with Crippen molar-refractivity contribution in [2.24, 2.45) is 5.92 Å². The van der Waals surface area contributed by atoms with Gasteiger partial charge in [-0.15, -0.1) is 0 Å². The lowest BCUT2D eigenvalue weighted by molar-refractivity contribution is -0.377. The van der Waals surface area contributed by atoms with Gasteiger partial charge in [0.15, 0.2) is 23.9 Å². The predicted molar refractivity (Wildman–Crippen MR) is 94.9 cm³/mol. The van der Waals surface area contributed by atoms with E-state index in [1.807, 2.05) is 0 Å². The van der Waals surface area contributed by atoms with Crippen molar-refractivity contribution in [1.82, 2.24) is 0 Å². The van der Waals surface area contributed by atoms with Gasteiger partial charge in [0.1, 0.15) is 10.0 Å². The van der Waals surface area contributed by atoms with E-state index in [4.69, 9.17) is 27.9 Å². The van der Waals surface area contributed by atoms with E-state index in [1.54, 1.807) is 12.4 Å². The molecule has 0 spiro atoms. The number of benzene rings is 1. The Morgan fingerprint density at radius 2 is 1.81 bits per heavy atom. The smallest absolute Gasteiger partial charge is 0.387 e. The van der Waals surface area contributed by atoms with Gasteiger partial charge in [0.05, 0.1) is 12.7 Å². The maximum absolute atomic E-state index is 12.6. The first-order valence-electron chi connectivity index (χ1n) is 8.17. The van der Waals surface area contributed by atoms with Crippen LogP contribution in [0.25, 0.3) is 0 Å². The van der Waals surface area contributed by atoms with Gasteiger partial charge in [-0.2, -0.15) is 8.78 Å². The Morgan fingerprint density at radius 3 is 2.41 bits per heavy atom. The van der Waals surface area contributed by atoms with Crippen molar-refractivity contribution >= 4 is 23.2 Å². The molecule has 9 heteroatoms. The number of aromatic amines is 1. The molecular weight excluding hydrogens is 403 g/mol. The number of alkyl halides is 2. The molecule has 27 heavy (non-hydrogen) atoms. The molecule has 3 rings (SSSR count). The molecule has 3 N–H and O–H groups in total. The number of aliphatic hydroxyl groups excluding tert-OH is 1. The zero-order chi connectivity index (χ0) is 18.7. The number of hydrogen-bond acceptors (Lipinski definition) is 4. The van der Waals surface area contributed by atoms with Crippen LogP contribution in [0, 0.1) is 5.92 Å². The van der Waals surface area contributed by atoms with Crippen LogP contribution in [-0.2, 0) is 6.42 Å². The van der Waals surface area contributed by atoms with Gasteiger partial charge >= 0.3 is 6.61 Å².